The summed E-state index contributed by atoms with van der Waals surface area (Å²) in [5, 5.41) is 3.24. The predicted molar refractivity (Wildman–Crippen MR) is 98.6 cm³/mol. The zero-order valence-corrected chi connectivity index (χ0v) is 13.2. The maximum atomic E-state index is 11.1. The van der Waals surface area contributed by atoms with Crippen LogP contribution in [0.15, 0.2) is 90.1 Å². The molecule has 2 heteroatoms. The molecule has 1 unspecified atom stereocenters. The first-order valence-corrected chi connectivity index (χ1v) is 8.13. The maximum Gasteiger partial charge on any atom is 0.0920 e. The fourth-order valence-electron chi connectivity index (χ4n) is 3.65. The van der Waals surface area contributed by atoms with Crippen molar-refractivity contribution in [1.82, 2.24) is 0 Å². The van der Waals surface area contributed by atoms with Gasteiger partial charge in [0.2, 0.25) is 0 Å². The Bertz CT molecular complexity index is 898. The first-order chi connectivity index (χ1) is 11.9. The van der Waals surface area contributed by atoms with E-state index in [1.807, 2.05) is 30.3 Å². The lowest BCUT2D eigenvalue weighted by Crippen LogP contribution is -2.02. The molecular weight excluding hydrogens is 294 g/mol. The van der Waals surface area contributed by atoms with E-state index in [-0.39, 0.29) is 12.5 Å². The molecule has 24 heavy (non-hydrogen) atoms. The zero-order valence-electron chi connectivity index (χ0n) is 13.2. The van der Waals surface area contributed by atoms with Gasteiger partial charge >= 0.3 is 0 Å². The second kappa shape index (κ2) is 6.25. The zero-order chi connectivity index (χ0) is 16.4. The minimum Gasteiger partial charge on any atom is -0.151 e. The molecule has 0 amide bonds. The average Bonchev–Trinajstić information content (AvgIpc) is 2.98. The molecule has 1 aliphatic rings. The van der Waals surface area contributed by atoms with Gasteiger partial charge < -0.3 is 0 Å². The molecule has 0 aromatic heterocycles. The van der Waals surface area contributed by atoms with Crippen LogP contribution in [0, 0.1) is 4.91 Å². The molecule has 0 heterocycles. The van der Waals surface area contributed by atoms with E-state index in [1.165, 1.54) is 27.8 Å². The molecule has 1 atom stereocenters. The standard InChI is InChI=1S/C22H17NO/c24-23-15-20-18-13-7-8-14-19(18)21(16-9-3-1-4-10-16)22(20)17-11-5-2-6-12-17/h1-14,20H,15H2. The smallest absolute Gasteiger partial charge is 0.0920 e. The van der Waals surface area contributed by atoms with E-state index >= 15 is 0 Å². The van der Waals surface area contributed by atoms with Crippen LogP contribution in [0.3, 0.4) is 0 Å². The summed E-state index contributed by atoms with van der Waals surface area (Å²) in [7, 11) is 0. The Morgan fingerprint density at radius 3 is 1.96 bits per heavy atom. The lowest BCUT2D eigenvalue weighted by molar-refractivity contribution is 0.873. The first-order valence-electron chi connectivity index (χ1n) is 8.13. The molecule has 116 valence electrons. The fraction of sp³-hybridized carbons (Fsp3) is 0.0909. The van der Waals surface area contributed by atoms with Gasteiger partial charge in [0.25, 0.3) is 0 Å². The predicted octanol–water partition coefficient (Wildman–Crippen LogP) is 5.51. The molecule has 3 aromatic rings. The van der Waals surface area contributed by atoms with Crippen molar-refractivity contribution < 1.29 is 0 Å². The van der Waals surface area contributed by atoms with Crippen molar-refractivity contribution in [2.45, 2.75) is 5.92 Å². The Hall–Kier alpha value is -3.00. The minimum atomic E-state index is 0.0105. The highest BCUT2D eigenvalue weighted by Gasteiger charge is 2.32. The van der Waals surface area contributed by atoms with E-state index in [0.717, 1.165) is 5.56 Å². The van der Waals surface area contributed by atoms with Gasteiger partial charge in [-0.2, -0.15) is 4.91 Å². The average molecular weight is 311 g/mol. The molecule has 0 saturated heterocycles. The van der Waals surface area contributed by atoms with Crippen molar-refractivity contribution in [3.8, 4) is 0 Å². The number of fused-ring (bicyclic) bond motifs is 1. The Kier molecular flexibility index (Phi) is 3.80. The van der Waals surface area contributed by atoms with E-state index in [2.05, 4.69) is 59.8 Å². The monoisotopic (exact) mass is 311 g/mol. The van der Waals surface area contributed by atoms with Gasteiger partial charge in [0.05, 0.1) is 6.54 Å². The fourth-order valence-corrected chi connectivity index (χ4v) is 3.65. The van der Waals surface area contributed by atoms with Crippen molar-refractivity contribution in [2.24, 2.45) is 5.18 Å². The maximum absolute atomic E-state index is 11.1. The van der Waals surface area contributed by atoms with Crippen LogP contribution in [0.4, 0.5) is 0 Å². The summed E-state index contributed by atoms with van der Waals surface area (Å²) in [6.07, 6.45) is 0. The van der Waals surface area contributed by atoms with Gasteiger partial charge in [-0.1, -0.05) is 90.1 Å². The van der Waals surface area contributed by atoms with Crippen molar-refractivity contribution in [1.29, 1.82) is 0 Å². The van der Waals surface area contributed by atoms with Gasteiger partial charge in [-0.3, -0.25) is 0 Å². The summed E-state index contributed by atoms with van der Waals surface area (Å²) in [4.78, 5) is 11.1. The van der Waals surface area contributed by atoms with Gasteiger partial charge in [-0.05, 0) is 33.4 Å². The van der Waals surface area contributed by atoms with E-state index in [9.17, 15) is 4.91 Å². The van der Waals surface area contributed by atoms with Crippen molar-refractivity contribution >= 4 is 11.1 Å². The molecule has 0 spiro atoms. The Morgan fingerprint density at radius 2 is 1.29 bits per heavy atom. The third-order valence-electron chi connectivity index (χ3n) is 4.63. The molecule has 1 aliphatic carbocycles. The molecule has 0 radical (unpaired) electrons. The van der Waals surface area contributed by atoms with Crippen LogP contribution in [0.25, 0.3) is 11.1 Å². The number of hydrogen-bond donors (Lipinski definition) is 0. The third-order valence-corrected chi connectivity index (χ3v) is 4.63. The number of nitroso groups, excluding NO2 is 1. The molecule has 0 fully saturated rings. The summed E-state index contributed by atoms with van der Waals surface area (Å²) in [5.74, 6) is 0.0105. The van der Waals surface area contributed by atoms with Crippen LogP contribution in [0.2, 0.25) is 0 Å². The highest BCUT2D eigenvalue weighted by Crippen LogP contribution is 2.49. The largest absolute Gasteiger partial charge is 0.151 e. The Balaban J connectivity index is 2.03. The molecule has 0 N–H and O–H groups in total. The normalized spacial score (nSPS) is 16.1. The van der Waals surface area contributed by atoms with Crippen LogP contribution >= 0.6 is 0 Å². The van der Waals surface area contributed by atoms with Crippen LogP contribution in [0.1, 0.15) is 28.2 Å². The molecule has 0 aliphatic heterocycles. The molecule has 2 nitrogen and oxygen atoms in total. The van der Waals surface area contributed by atoms with E-state index in [1.54, 1.807) is 0 Å². The van der Waals surface area contributed by atoms with Crippen molar-refractivity contribution in [3.63, 3.8) is 0 Å². The molecule has 0 bridgehead atoms. The van der Waals surface area contributed by atoms with E-state index < -0.39 is 0 Å². The van der Waals surface area contributed by atoms with Crippen LogP contribution < -0.4 is 0 Å². The second-order valence-electron chi connectivity index (χ2n) is 5.97. The van der Waals surface area contributed by atoms with E-state index in [4.69, 9.17) is 0 Å². The number of rotatable bonds is 4. The highest BCUT2D eigenvalue weighted by atomic mass is 16.3. The van der Waals surface area contributed by atoms with Crippen LogP contribution in [-0.4, -0.2) is 6.54 Å². The SMILES string of the molecule is O=NCC1C(c2ccccc2)=C(c2ccccc2)c2ccccc21. The number of nitrogens with zero attached hydrogens (tertiary/aromatic N) is 1. The van der Waals surface area contributed by atoms with Crippen molar-refractivity contribution in [2.75, 3.05) is 6.54 Å². The topological polar surface area (TPSA) is 29.4 Å². The third kappa shape index (κ3) is 2.37. The van der Waals surface area contributed by atoms with Crippen molar-refractivity contribution in [3.05, 3.63) is 112 Å². The Morgan fingerprint density at radius 1 is 0.708 bits per heavy atom. The number of hydrogen-bond acceptors (Lipinski definition) is 2. The van der Waals surface area contributed by atoms with Crippen LogP contribution in [0.5, 0.6) is 0 Å². The van der Waals surface area contributed by atoms with Gasteiger partial charge in [0, 0.05) is 5.92 Å². The lowest BCUT2D eigenvalue weighted by atomic mass is 9.89. The molecule has 4 rings (SSSR count). The van der Waals surface area contributed by atoms with Gasteiger partial charge in [0.1, 0.15) is 0 Å². The molecule has 3 aromatic carbocycles. The summed E-state index contributed by atoms with van der Waals surface area (Å²) in [5.41, 5.74) is 7.14. The molecule has 0 saturated carbocycles. The van der Waals surface area contributed by atoms with Gasteiger partial charge in [0.15, 0.2) is 0 Å². The number of benzene rings is 3. The quantitative estimate of drug-likeness (QED) is 0.584. The van der Waals surface area contributed by atoms with Gasteiger partial charge in [-0.25, -0.2) is 0 Å². The second-order valence-corrected chi connectivity index (χ2v) is 5.97. The first kappa shape index (κ1) is 14.6. The lowest BCUT2D eigenvalue weighted by Gasteiger charge is -2.14. The highest BCUT2D eigenvalue weighted by molar-refractivity contribution is 6.05. The summed E-state index contributed by atoms with van der Waals surface area (Å²) < 4.78 is 0. The van der Waals surface area contributed by atoms with Crippen LogP contribution in [-0.2, 0) is 0 Å². The van der Waals surface area contributed by atoms with E-state index in [0.29, 0.717) is 0 Å². The summed E-state index contributed by atoms with van der Waals surface area (Å²) in [6.45, 7) is 0.261. The molecular formula is C22H17NO. The Labute approximate surface area is 141 Å². The summed E-state index contributed by atoms with van der Waals surface area (Å²) >= 11 is 0. The van der Waals surface area contributed by atoms with Gasteiger partial charge in [-0.15, -0.1) is 0 Å². The summed E-state index contributed by atoms with van der Waals surface area (Å²) in [6, 6.07) is 29.1. The minimum absolute atomic E-state index is 0.0105.